The molecule has 6 nitrogen and oxygen atoms in total. The number of hydrogen-bond acceptors (Lipinski definition) is 5. The van der Waals surface area contributed by atoms with Gasteiger partial charge in [-0.05, 0) is 17.7 Å². The van der Waals surface area contributed by atoms with Crippen LogP contribution in [-0.4, -0.2) is 57.4 Å². The van der Waals surface area contributed by atoms with E-state index in [4.69, 9.17) is 0 Å². The Kier molecular flexibility index (Phi) is 6.02. The molecule has 1 fully saturated rings. The van der Waals surface area contributed by atoms with Gasteiger partial charge >= 0.3 is 6.18 Å². The summed E-state index contributed by atoms with van der Waals surface area (Å²) in [5.74, 6) is -0.875. The number of benzene rings is 2. The summed E-state index contributed by atoms with van der Waals surface area (Å²) in [4.78, 5) is 11.9. The van der Waals surface area contributed by atoms with Crippen LogP contribution in [-0.2, 0) is 6.18 Å². The van der Waals surface area contributed by atoms with E-state index in [1.165, 1.54) is 4.68 Å². The zero-order chi connectivity index (χ0) is 23.5. The highest BCUT2D eigenvalue weighted by molar-refractivity contribution is 5.88. The van der Waals surface area contributed by atoms with Crippen LogP contribution in [0.2, 0.25) is 0 Å². The lowest BCUT2D eigenvalue weighted by atomic mass is 10.2. The minimum absolute atomic E-state index is 0.150. The van der Waals surface area contributed by atoms with Gasteiger partial charge in [-0.15, -0.1) is 0 Å². The van der Waals surface area contributed by atoms with Gasteiger partial charge in [-0.2, -0.15) is 18.3 Å². The van der Waals surface area contributed by atoms with Gasteiger partial charge in [-0.1, -0.05) is 60.7 Å². The molecule has 0 N–H and O–H groups in total. The van der Waals surface area contributed by atoms with Crippen molar-refractivity contribution >= 4 is 22.9 Å². The number of fused-ring (bicyclic) bond motifs is 1. The molecule has 0 aliphatic carbocycles. The molecule has 1 aliphatic rings. The van der Waals surface area contributed by atoms with Crippen LogP contribution in [0.3, 0.4) is 0 Å². The van der Waals surface area contributed by atoms with Crippen LogP contribution in [0.5, 0.6) is 0 Å². The monoisotopic (exact) mass is 464 g/mol. The van der Waals surface area contributed by atoms with Crippen molar-refractivity contribution < 1.29 is 13.2 Å². The highest BCUT2D eigenvalue weighted by Gasteiger charge is 2.37. The first kappa shape index (κ1) is 22.1. The molecule has 1 aliphatic heterocycles. The lowest BCUT2D eigenvalue weighted by molar-refractivity contribution is -0.144. The molecule has 0 spiro atoms. The summed E-state index contributed by atoms with van der Waals surface area (Å²) in [7, 11) is 0. The van der Waals surface area contributed by atoms with E-state index in [1.807, 2.05) is 41.3 Å². The molecule has 5 rings (SSSR count). The van der Waals surface area contributed by atoms with E-state index in [0.29, 0.717) is 24.2 Å². The van der Waals surface area contributed by atoms with Crippen LogP contribution < -0.4 is 4.90 Å². The summed E-state index contributed by atoms with van der Waals surface area (Å²) in [6.45, 7) is 3.36. The second-order valence-electron chi connectivity index (χ2n) is 8.10. The Balaban J connectivity index is 1.38. The third-order valence-corrected chi connectivity index (χ3v) is 5.81. The summed E-state index contributed by atoms with van der Waals surface area (Å²) < 4.78 is 42.4. The normalized spacial score (nSPS) is 15.4. The predicted molar refractivity (Wildman–Crippen MR) is 126 cm³/mol. The molecule has 9 heteroatoms. The first-order chi connectivity index (χ1) is 16.5. The standard InChI is InChI=1S/C25H23F3N6/c26-25(27,28)24-30-22(21-18-29-34(23(21)31-24)20-11-5-2-6-12-20)33-16-14-32(15-17-33)13-7-10-19-8-3-1-4-9-19/h1-12,18H,13-17H2. The van der Waals surface area contributed by atoms with E-state index in [0.717, 1.165) is 25.2 Å². The Morgan fingerprint density at radius 3 is 2.21 bits per heavy atom. The van der Waals surface area contributed by atoms with Crippen LogP contribution in [0, 0.1) is 0 Å². The van der Waals surface area contributed by atoms with Crippen molar-refractivity contribution in [3.63, 3.8) is 0 Å². The van der Waals surface area contributed by atoms with Gasteiger partial charge in [-0.25, -0.2) is 14.6 Å². The first-order valence-electron chi connectivity index (χ1n) is 11.1. The van der Waals surface area contributed by atoms with E-state index in [-0.39, 0.29) is 11.5 Å². The van der Waals surface area contributed by atoms with Gasteiger partial charge in [0.05, 0.1) is 17.3 Å². The van der Waals surface area contributed by atoms with Crippen molar-refractivity contribution in [3.8, 4) is 5.69 Å². The van der Waals surface area contributed by atoms with Crippen LogP contribution >= 0.6 is 0 Å². The lowest BCUT2D eigenvalue weighted by Gasteiger charge is -2.35. The average Bonchev–Trinajstić information content (AvgIpc) is 3.29. The van der Waals surface area contributed by atoms with Crippen molar-refractivity contribution in [1.82, 2.24) is 24.6 Å². The number of piperazine rings is 1. The highest BCUT2D eigenvalue weighted by atomic mass is 19.4. The minimum Gasteiger partial charge on any atom is -0.353 e. The molecule has 4 aromatic rings. The molecule has 0 bridgehead atoms. The predicted octanol–water partition coefficient (Wildman–Crippen LogP) is 4.67. The smallest absolute Gasteiger partial charge is 0.353 e. The molecule has 0 unspecified atom stereocenters. The molecule has 0 radical (unpaired) electrons. The van der Waals surface area contributed by atoms with E-state index >= 15 is 0 Å². The van der Waals surface area contributed by atoms with Gasteiger partial charge in [0.1, 0.15) is 5.82 Å². The SMILES string of the molecule is FC(F)(F)c1nc(N2CCN(CC=Cc3ccccc3)CC2)c2cnn(-c3ccccc3)c2n1. The van der Waals surface area contributed by atoms with Crippen LogP contribution in [0.4, 0.5) is 19.0 Å². The van der Waals surface area contributed by atoms with Crippen molar-refractivity contribution in [3.05, 3.63) is 84.3 Å². The maximum atomic E-state index is 13.7. The Bertz CT molecular complexity index is 1280. The highest BCUT2D eigenvalue weighted by Crippen LogP contribution is 2.33. The summed E-state index contributed by atoms with van der Waals surface area (Å²) in [5, 5.41) is 4.84. The summed E-state index contributed by atoms with van der Waals surface area (Å²) >= 11 is 0. The molecule has 0 atom stereocenters. The van der Waals surface area contributed by atoms with Gasteiger partial charge in [0.15, 0.2) is 5.65 Å². The Labute approximate surface area is 195 Å². The fourth-order valence-corrected chi connectivity index (χ4v) is 4.06. The fraction of sp³-hybridized carbons (Fsp3) is 0.240. The number of rotatable bonds is 5. The maximum absolute atomic E-state index is 13.7. The lowest BCUT2D eigenvalue weighted by Crippen LogP contribution is -2.46. The summed E-state index contributed by atoms with van der Waals surface area (Å²) in [5.41, 5.74) is 1.93. The second kappa shape index (κ2) is 9.26. The van der Waals surface area contributed by atoms with Gasteiger partial charge < -0.3 is 4.90 Å². The molecule has 34 heavy (non-hydrogen) atoms. The van der Waals surface area contributed by atoms with E-state index in [9.17, 15) is 13.2 Å². The Morgan fingerprint density at radius 1 is 0.853 bits per heavy atom. The number of anilines is 1. The zero-order valence-electron chi connectivity index (χ0n) is 18.4. The number of nitrogens with zero attached hydrogens (tertiary/aromatic N) is 6. The Hall–Kier alpha value is -3.72. The molecule has 2 aromatic carbocycles. The third kappa shape index (κ3) is 4.65. The minimum atomic E-state index is -4.65. The zero-order valence-corrected chi connectivity index (χ0v) is 18.4. The molecule has 1 saturated heterocycles. The largest absolute Gasteiger partial charge is 0.451 e. The van der Waals surface area contributed by atoms with Gasteiger partial charge in [0, 0.05) is 32.7 Å². The van der Waals surface area contributed by atoms with Crippen molar-refractivity contribution in [2.75, 3.05) is 37.6 Å². The summed E-state index contributed by atoms with van der Waals surface area (Å²) in [6, 6.07) is 19.1. The average molecular weight is 464 g/mol. The number of aromatic nitrogens is 4. The van der Waals surface area contributed by atoms with Crippen molar-refractivity contribution in [2.45, 2.75) is 6.18 Å². The number of halogens is 3. The van der Waals surface area contributed by atoms with Crippen LogP contribution in [0.1, 0.15) is 11.4 Å². The quantitative estimate of drug-likeness (QED) is 0.430. The number of hydrogen-bond donors (Lipinski definition) is 0. The first-order valence-corrected chi connectivity index (χ1v) is 11.1. The van der Waals surface area contributed by atoms with E-state index in [1.54, 1.807) is 30.5 Å². The van der Waals surface area contributed by atoms with Crippen molar-refractivity contribution in [2.24, 2.45) is 0 Å². The molecular formula is C25H23F3N6. The fourth-order valence-electron chi connectivity index (χ4n) is 4.06. The third-order valence-electron chi connectivity index (χ3n) is 5.81. The topological polar surface area (TPSA) is 50.1 Å². The molecule has 0 saturated carbocycles. The number of alkyl halides is 3. The summed E-state index contributed by atoms with van der Waals surface area (Å²) in [6.07, 6.45) is 1.08. The van der Waals surface area contributed by atoms with Gasteiger partial charge in [0.2, 0.25) is 5.82 Å². The van der Waals surface area contributed by atoms with Crippen LogP contribution in [0.25, 0.3) is 22.8 Å². The van der Waals surface area contributed by atoms with E-state index in [2.05, 4.69) is 32.1 Å². The Morgan fingerprint density at radius 2 is 1.53 bits per heavy atom. The molecule has 174 valence electrons. The second-order valence-corrected chi connectivity index (χ2v) is 8.10. The molecule has 2 aromatic heterocycles. The maximum Gasteiger partial charge on any atom is 0.451 e. The molecule has 0 amide bonds. The van der Waals surface area contributed by atoms with Crippen LogP contribution in [0.15, 0.2) is 72.9 Å². The van der Waals surface area contributed by atoms with E-state index < -0.39 is 12.0 Å². The molecule has 3 heterocycles. The number of para-hydroxylation sites is 1. The molecular weight excluding hydrogens is 441 g/mol. The van der Waals surface area contributed by atoms with Gasteiger partial charge in [-0.3, -0.25) is 4.90 Å². The van der Waals surface area contributed by atoms with Crippen molar-refractivity contribution in [1.29, 1.82) is 0 Å². The van der Waals surface area contributed by atoms with Gasteiger partial charge in [0.25, 0.3) is 0 Å².